The summed E-state index contributed by atoms with van der Waals surface area (Å²) in [6.45, 7) is 0.576. The average molecular weight is 218 g/mol. The molecule has 0 unspecified atom stereocenters. The normalized spacial score (nSPS) is 26.0. The Morgan fingerprint density at radius 3 is 2.75 bits per heavy atom. The van der Waals surface area contributed by atoms with Crippen molar-refractivity contribution in [1.29, 1.82) is 0 Å². The molecule has 4 nitrogen and oxygen atoms in total. The van der Waals surface area contributed by atoms with Crippen LogP contribution >= 0.6 is 0 Å². The van der Waals surface area contributed by atoms with E-state index in [1.165, 1.54) is 37.8 Å². The Hall–Kier alpha value is -1.32. The van der Waals surface area contributed by atoms with Crippen molar-refractivity contribution in [2.45, 2.75) is 38.5 Å². The summed E-state index contributed by atoms with van der Waals surface area (Å²) in [5, 5.41) is 3.21. The fourth-order valence-electron chi connectivity index (χ4n) is 2.84. The maximum Gasteiger partial charge on any atom is 0.134 e. The molecule has 1 fully saturated rings. The molecule has 0 radical (unpaired) electrons. The molecule has 0 aromatic rings. The number of nitrogens with zero attached hydrogens (tertiary/aromatic N) is 2. The van der Waals surface area contributed by atoms with Crippen LogP contribution in [0.5, 0.6) is 0 Å². The van der Waals surface area contributed by atoms with Crippen LogP contribution in [0.3, 0.4) is 0 Å². The third kappa shape index (κ3) is 1.62. The minimum atomic E-state index is 0.576. The van der Waals surface area contributed by atoms with Crippen LogP contribution in [0, 0.1) is 5.92 Å². The van der Waals surface area contributed by atoms with Crippen LogP contribution in [-0.4, -0.2) is 18.2 Å². The minimum absolute atomic E-state index is 0.576. The van der Waals surface area contributed by atoms with Crippen molar-refractivity contribution in [3.8, 4) is 0 Å². The van der Waals surface area contributed by atoms with E-state index in [0.717, 1.165) is 17.8 Å². The number of aliphatic imine (C=N–C) groups is 2. The van der Waals surface area contributed by atoms with E-state index in [4.69, 9.17) is 10.7 Å². The van der Waals surface area contributed by atoms with Crippen molar-refractivity contribution in [3.05, 3.63) is 11.4 Å². The molecule has 0 atom stereocenters. The highest BCUT2D eigenvalue weighted by molar-refractivity contribution is 6.07. The Kier molecular flexibility index (Phi) is 2.42. The van der Waals surface area contributed by atoms with Gasteiger partial charge in [0.05, 0.1) is 0 Å². The summed E-state index contributed by atoms with van der Waals surface area (Å²) in [6, 6.07) is 0. The van der Waals surface area contributed by atoms with Crippen LogP contribution in [0.15, 0.2) is 21.4 Å². The molecule has 1 saturated carbocycles. The highest BCUT2D eigenvalue weighted by Gasteiger charge is 2.28. The van der Waals surface area contributed by atoms with Crippen molar-refractivity contribution in [2.24, 2.45) is 21.6 Å². The van der Waals surface area contributed by atoms with Crippen molar-refractivity contribution in [3.63, 3.8) is 0 Å². The van der Waals surface area contributed by atoms with Crippen molar-refractivity contribution < 1.29 is 0 Å². The molecule has 16 heavy (non-hydrogen) atoms. The van der Waals surface area contributed by atoms with Gasteiger partial charge in [0.25, 0.3) is 0 Å². The molecule has 2 aliphatic heterocycles. The molecule has 0 aromatic heterocycles. The van der Waals surface area contributed by atoms with Gasteiger partial charge in [-0.2, -0.15) is 0 Å². The molecule has 0 spiro atoms. The van der Waals surface area contributed by atoms with Gasteiger partial charge >= 0.3 is 0 Å². The van der Waals surface area contributed by atoms with Crippen LogP contribution in [0.4, 0.5) is 0 Å². The molecule has 1 aliphatic carbocycles. The molecule has 2 heterocycles. The third-order valence-corrected chi connectivity index (χ3v) is 3.78. The van der Waals surface area contributed by atoms with Gasteiger partial charge in [-0.1, -0.05) is 19.3 Å². The van der Waals surface area contributed by atoms with Gasteiger partial charge in [0, 0.05) is 17.7 Å². The fraction of sp³-hybridized carbons (Fsp3) is 0.667. The summed E-state index contributed by atoms with van der Waals surface area (Å²) in [5.74, 6) is 2.35. The van der Waals surface area contributed by atoms with Gasteiger partial charge in [-0.15, -0.1) is 0 Å². The topological polar surface area (TPSA) is 62.8 Å². The number of nitrogens with one attached hydrogen (secondary N) is 1. The zero-order valence-electron chi connectivity index (χ0n) is 9.50. The first kappa shape index (κ1) is 9.87. The minimum Gasteiger partial charge on any atom is -0.384 e. The van der Waals surface area contributed by atoms with E-state index in [2.05, 4.69) is 10.3 Å². The maximum absolute atomic E-state index is 5.89. The fourth-order valence-corrected chi connectivity index (χ4v) is 2.84. The number of hydrogen-bond acceptors (Lipinski definition) is 4. The molecule has 0 saturated heterocycles. The molecule has 86 valence electrons. The molecule has 3 N–H and O–H groups in total. The highest BCUT2D eigenvalue weighted by atomic mass is 15.2. The highest BCUT2D eigenvalue weighted by Crippen LogP contribution is 2.31. The molecule has 3 aliphatic rings. The zero-order valence-corrected chi connectivity index (χ0v) is 9.50. The van der Waals surface area contributed by atoms with Crippen LogP contribution in [-0.2, 0) is 0 Å². The Bertz CT molecular complexity index is 386. The number of amidine groups is 1. The standard InChI is InChI=1S/C12H18N4/c13-11-9-6-10(8-4-2-1-3-5-8)16-12(9)15-7-14-11/h8,15H,1-7H2,(H2,13,14). The van der Waals surface area contributed by atoms with Gasteiger partial charge < -0.3 is 11.1 Å². The second kappa shape index (κ2) is 3.92. The van der Waals surface area contributed by atoms with E-state index in [0.29, 0.717) is 18.4 Å². The van der Waals surface area contributed by atoms with Gasteiger partial charge in [0.1, 0.15) is 18.3 Å². The smallest absolute Gasteiger partial charge is 0.134 e. The number of nitrogens with two attached hydrogens (primary N) is 1. The molecule has 4 heteroatoms. The van der Waals surface area contributed by atoms with Crippen LogP contribution in [0.25, 0.3) is 0 Å². The quantitative estimate of drug-likeness (QED) is 0.701. The van der Waals surface area contributed by atoms with Gasteiger partial charge in [-0.25, -0.2) is 9.98 Å². The SMILES string of the molecule is NC1=NCNC2=C1CC(C1CCCCC1)=N2. The lowest BCUT2D eigenvalue weighted by molar-refractivity contribution is 0.437. The van der Waals surface area contributed by atoms with Crippen LogP contribution in [0.1, 0.15) is 38.5 Å². The molecular formula is C12H18N4. The zero-order chi connectivity index (χ0) is 11.0. The first-order valence-corrected chi connectivity index (χ1v) is 6.19. The predicted molar refractivity (Wildman–Crippen MR) is 65.3 cm³/mol. The average Bonchev–Trinajstić information content (AvgIpc) is 2.76. The van der Waals surface area contributed by atoms with Crippen molar-refractivity contribution in [2.75, 3.05) is 6.67 Å². The Balaban J connectivity index is 1.75. The lowest BCUT2D eigenvalue weighted by atomic mass is 9.84. The van der Waals surface area contributed by atoms with E-state index in [1.54, 1.807) is 0 Å². The van der Waals surface area contributed by atoms with Gasteiger partial charge in [0.2, 0.25) is 0 Å². The summed E-state index contributed by atoms with van der Waals surface area (Å²) in [4.78, 5) is 8.91. The second-order valence-electron chi connectivity index (χ2n) is 4.82. The first-order valence-electron chi connectivity index (χ1n) is 6.19. The van der Waals surface area contributed by atoms with Crippen molar-refractivity contribution in [1.82, 2.24) is 5.32 Å². The summed E-state index contributed by atoms with van der Waals surface area (Å²) in [6.07, 6.45) is 7.62. The first-order chi connectivity index (χ1) is 7.84. The number of hydrogen-bond donors (Lipinski definition) is 2. The summed E-state index contributed by atoms with van der Waals surface area (Å²) < 4.78 is 0. The lowest BCUT2D eigenvalue weighted by Crippen LogP contribution is -2.27. The van der Waals surface area contributed by atoms with Crippen molar-refractivity contribution >= 4 is 11.5 Å². The lowest BCUT2D eigenvalue weighted by Gasteiger charge is -2.21. The van der Waals surface area contributed by atoms with E-state index in [1.807, 2.05) is 0 Å². The second-order valence-corrected chi connectivity index (χ2v) is 4.82. The molecule has 0 amide bonds. The molecule has 0 aromatic carbocycles. The van der Waals surface area contributed by atoms with Gasteiger partial charge in [0.15, 0.2) is 0 Å². The van der Waals surface area contributed by atoms with Crippen LogP contribution < -0.4 is 11.1 Å². The summed E-state index contributed by atoms with van der Waals surface area (Å²) in [5.41, 5.74) is 8.34. The Morgan fingerprint density at radius 1 is 1.19 bits per heavy atom. The van der Waals surface area contributed by atoms with E-state index < -0.39 is 0 Å². The maximum atomic E-state index is 5.89. The van der Waals surface area contributed by atoms with E-state index in [-0.39, 0.29) is 0 Å². The monoisotopic (exact) mass is 218 g/mol. The Labute approximate surface area is 95.7 Å². The van der Waals surface area contributed by atoms with Gasteiger partial charge in [-0.3, -0.25) is 0 Å². The number of rotatable bonds is 1. The largest absolute Gasteiger partial charge is 0.384 e. The van der Waals surface area contributed by atoms with E-state index in [9.17, 15) is 0 Å². The van der Waals surface area contributed by atoms with Gasteiger partial charge in [-0.05, 0) is 18.8 Å². The molecule has 0 bridgehead atoms. The molecular weight excluding hydrogens is 200 g/mol. The van der Waals surface area contributed by atoms with Crippen LogP contribution in [0.2, 0.25) is 0 Å². The predicted octanol–water partition coefficient (Wildman–Crippen LogP) is 1.54. The summed E-state index contributed by atoms with van der Waals surface area (Å²) in [7, 11) is 0. The molecule has 3 rings (SSSR count). The van der Waals surface area contributed by atoms with E-state index >= 15 is 0 Å². The Morgan fingerprint density at radius 2 is 2.00 bits per heavy atom. The summed E-state index contributed by atoms with van der Waals surface area (Å²) >= 11 is 0. The third-order valence-electron chi connectivity index (χ3n) is 3.78.